The molecule has 0 aliphatic carbocycles. The highest BCUT2D eigenvalue weighted by molar-refractivity contribution is 8.00. The van der Waals surface area contributed by atoms with E-state index in [0.29, 0.717) is 36.6 Å². The summed E-state index contributed by atoms with van der Waals surface area (Å²) < 4.78 is 42.3. The van der Waals surface area contributed by atoms with Crippen LogP contribution in [0.25, 0.3) is 0 Å². The monoisotopic (exact) mass is 578 g/mol. The smallest absolute Gasteiger partial charge is 0.475 e. The highest BCUT2D eigenvalue weighted by Crippen LogP contribution is 2.40. The van der Waals surface area contributed by atoms with E-state index < -0.39 is 30.1 Å². The number of amides is 3. The van der Waals surface area contributed by atoms with Gasteiger partial charge in [-0.15, -0.1) is 11.8 Å². The number of furan rings is 1. The van der Waals surface area contributed by atoms with Gasteiger partial charge in [0.25, 0.3) is 5.91 Å². The molecule has 0 saturated carbocycles. The van der Waals surface area contributed by atoms with Crippen molar-refractivity contribution in [2.24, 2.45) is 0 Å². The number of carboxylic acid groups (broad SMARTS) is 1. The van der Waals surface area contributed by atoms with E-state index in [-0.39, 0.29) is 30.0 Å². The van der Waals surface area contributed by atoms with E-state index in [1.165, 1.54) is 22.9 Å². The molecule has 0 bridgehead atoms. The normalized spacial score (nSPS) is 19.3. The maximum Gasteiger partial charge on any atom is 0.490 e. The molecule has 2 saturated heterocycles. The van der Waals surface area contributed by atoms with Gasteiger partial charge in [0.1, 0.15) is 18.1 Å². The van der Waals surface area contributed by atoms with E-state index in [1.54, 1.807) is 17.0 Å². The van der Waals surface area contributed by atoms with Crippen molar-refractivity contribution >= 4 is 41.6 Å². The lowest BCUT2D eigenvalue weighted by Gasteiger charge is -2.44. The van der Waals surface area contributed by atoms with Crippen molar-refractivity contribution < 1.29 is 56.2 Å². The maximum absolute atomic E-state index is 12.8. The summed E-state index contributed by atoms with van der Waals surface area (Å²) in [6, 6.07) is 3.27. The van der Waals surface area contributed by atoms with Crippen LogP contribution < -0.4 is 5.48 Å². The number of nitrogens with one attached hydrogen (secondary N) is 1. The number of aliphatic carboxylic acids is 1. The lowest BCUT2D eigenvalue weighted by atomic mass is 10.1. The van der Waals surface area contributed by atoms with Crippen LogP contribution in [0, 0.1) is 0 Å². The Morgan fingerprint density at radius 2 is 1.87 bits per heavy atom. The fraction of sp³-hybridized carbons (Fsp3) is 0.500. The Balaban J connectivity index is 0.000000532. The van der Waals surface area contributed by atoms with Crippen molar-refractivity contribution in [1.82, 2.24) is 20.2 Å². The number of fused-ring (bicyclic) bond motifs is 1. The van der Waals surface area contributed by atoms with Gasteiger partial charge in [0.15, 0.2) is 0 Å². The van der Waals surface area contributed by atoms with Gasteiger partial charge in [0.2, 0.25) is 5.91 Å². The van der Waals surface area contributed by atoms with Crippen LogP contribution in [0.15, 0.2) is 34.1 Å². The second-order valence-corrected chi connectivity index (χ2v) is 9.67. The molecule has 0 aromatic carbocycles. The lowest BCUT2D eigenvalue weighted by Crippen LogP contribution is -2.55. The van der Waals surface area contributed by atoms with Crippen LogP contribution in [0.4, 0.5) is 18.0 Å². The molecular formula is C22H25F3N4O9S. The molecule has 2 fully saturated rings. The molecule has 3 amide bonds. The lowest BCUT2D eigenvalue weighted by molar-refractivity contribution is -0.192. The SMILES string of the molecule is CN1CCN(C(=O)OCC2=C(C(=O)ONC(=O)Cc3ccco3)N3C(=O)C[C@@H]3SC2)CC1.O=C(O)C(F)(F)F. The molecule has 3 aliphatic rings. The van der Waals surface area contributed by atoms with Crippen molar-refractivity contribution in [3.63, 3.8) is 0 Å². The summed E-state index contributed by atoms with van der Waals surface area (Å²) in [5.41, 5.74) is 2.57. The number of piperazine rings is 1. The Bertz CT molecular complexity index is 1120. The number of rotatable bonds is 5. The van der Waals surface area contributed by atoms with Gasteiger partial charge in [-0.05, 0) is 19.2 Å². The van der Waals surface area contributed by atoms with Gasteiger partial charge < -0.3 is 28.9 Å². The number of alkyl halides is 3. The predicted octanol–water partition coefficient (Wildman–Crippen LogP) is 0.973. The first-order valence-electron chi connectivity index (χ1n) is 11.4. The van der Waals surface area contributed by atoms with Crippen molar-refractivity contribution in [2.75, 3.05) is 45.6 Å². The topological polar surface area (TPSA) is 159 Å². The molecule has 0 unspecified atom stereocenters. The summed E-state index contributed by atoms with van der Waals surface area (Å²) in [7, 11) is 1.98. The van der Waals surface area contributed by atoms with Gasteiger partial charge in [-0.1, -0.05) is 0 Å². The third kappa shape index (κ3) is 8.13. The zero-order valence-electron chi connectivity index (χ0n) is 20.6. The molecule has 39 heavy (non-hydrogen) atoms. The van der Waals surface area contributed by atoms with Gasteiger partial charge in [0, 0.05) is 37.5 Å². The summed E-state index contributed by atoms with van der Waals surface area (Å²) in [6.07, 6.45) is -3.90. The first-order chi connectivity index (χ1) is 18.4. The zero-order chi connectivity index (χ0) is 28.7. The molecule has 0 radical (unpaired) electrons. The average Bonchev–Trinajstić information content (AvgIpc) is 3.38. The highest BCUT2D eigenvalue weighted by atomic mass is 32.2. The number of thioether (sulfide) groups is 1. The standard InChI is InChI=1S/C20H24N4O7S.C2HF3O2/c1-22-4-6-23(7-5-22)20(28)30-11-13-12-32-17-10-16(26)24(17)18(13)19(27)31-21-15(25)9-14-3-2-8-29-14;3-2(4,5)1(6)7/h2-3,8,17H,4-7,9-12H2,1H3,(H,21,25);(H,6,7)/t17-;/m0./s1. The molecule has 2 N–H and O–H groups in total. The third-order valence-corrected chi connectivity index (χ3v) is 6.95. The van der Waals surface area contributed by atoms with Crippen LogP contribution in [0.3, 0.4) is 0 Å². The molecule has 13 nitrogen and oxygen atoms in total. The van der Waals surface area contributed by atoms with Gasteiger partial charge >= 0.3 is 24.2 Å². The van der Waals surface area contributed by atoms with Crippen LogP contribution in [0.5, 0.6) is 0 Å². The summed E-state index contributed by atoms with van der Waals surface area (Å²) in [5, 5.41) is 6.96. The number of β-lactam (4-membered cyclic amide) rings is 1. The van der Waals surface area contributed by atoms with Crippen LogP contribution in [-0.4, -0.2) is 107 Å². The number of carbonyl (C=O) groups excluding carboxylic acids is 4. The van der Waals surface area contributed by atoms with E-state index in [2.05, 4.69) is 10.4 Å². The van der Waals surface area contributed by atoms with Crippen LogP contribution in [-0.2, 0) is 35.2 Å². The molecule has 3 aliphatic heterocycles. The Kier molecular flexibility index (Phi) is 9.85. The number of carbonyl (C=O) groups is 5. The number of hydrogen-bond acceptors (Lipinski definition) is 10. The van der Waals surface area contributed by atoms with Gasteiger partial charge in [0.05, 0.1) is 24.5 Å². The number of ether oxygens (including phenoxy) is 1. The molecule has 0 spiro atoms. The predicted molar refractivity (Wildman–Crippen MR) is 125 cm³/mol. The number of halogens is 3. The van der Waals surface area contributed by atoms with Crippen LogP contribution in [0.1, 0.15) is 12.2 Å². The minimum Gasteiger partial charge on any atom is -0.475 e. The first-order valence-corrected chi connectivity index (χ1v) is 12.5. The molecule has 1 aromatic heterocycles. The quantitative estimate of drug-likeness (QED) is 0.379. The van der Waals surface area contributed by atoms with E-state index in [1.807, 2.05) is 7.05 Å². The Labute approximate surface area is 223 Å². The molecule has 4 heterocycles. The average molecular weight is 579 g/mol. The fourth-order valence-corrected chi connectivity index (χ4v) is 4.81. The van der Waals surface area contributed by atoms with Crippen LogP contribution >= 0.6 is 11.8 Å². The summed E-state index contributed by atoms with van der Waals surface area (Å²) in [5.74, 6) is -3.60. The van der Waals surface area contributed by atoms with Gasteiger partial charge in [-0.25, -0.2) is 14.4 Å². The second kappa shape index (κ2) is 12.9. The van der Waals surface area contributed by atoms with Crippen molar-refractivity contribution in [3.05, 3.63) is 35.4 Å². The number of carboxylic acids is 1. The maximum atomic E-state index is 12.8. The summed E-state index contributed by atoms with van der Waals surface area (Å²) in [4.78, 5) is 68.2. The highest BCUT2D eigenvalue weighted by Gasteiger charge is 2.46. The number of nitrogens with zero attached hydrogens (tertiary/aromatic N) is 3. The van der Waals surface area contributed by atoms with Crippen LogP contribution in [0.2, 0.25) is 0 Å². The number of hydroxylamine groups is 1. The number of hydrogen-bond donors (Lipinski definition) is 2. The minimum atomic E-state index is -5.08. The first kappa shape index (κ1) is 29.8. The molecule has 1 aromatic rings. The molecule has 17 heteroatoms. The Morgan fingerprint density at radius 1 is 1.21 bits per heavy atom. The fourth-order valence-electron chi connectivity index (χ4n) is 3.57. The molecule has 214 valence electrons. The van der Waals surface area contributed by atoms with Crippen molar-refractivity contribution in [3.8, 4) is 0 Å². The van der Waals surface area contributed by atoms with Gasteiger partial charge in [-0.2, -0.15) is 18.7 Å². The second-order valence-electron chi connectivity index (χ2n) is 8.50. The Morgan fingerprint density at radius 3 is 2.44 bits per heavy atom. The number of likely N-dealkylation sites (N-methyl/N-ethyl adjacent to an activating group) is 1. The van der Waals surface area contributed by atoms with Crippen molar-refractivity contribution in [1.29, 1.82) is 0 Å². The van der Waals surface area contributed by atoms with Crippen molar-refractivity contribution in [2.45, 2.75) is 24.4 Å². The van der Waals surface area contributed by atoms with E-state index in [9.17, 15) is 32.3 Å². The van der Waals surface area contributed by atoms with E-state index in [4.69, 9.17) is 23.9 Å². The minimum absolute atomic E-state index is 0.0227. The zero-order valence-corrected chi connectivity index (χ0v) is 21.4. The Hall–Kier alpha value is -3.73. The van der Waals surface area contributed by atoms with E-state index in [0.717, 1.165) is 13.1 Å². The van der Waals surface area contributed by atoms with Gasteiger partial charge in [-0.3, -0.25) is 14.5 Å². The van der Waals surface area contributed by atoms with E-state index >= 15 is 0 Å². The molecule has 4 rings (SSSR count). The summed E-state index contributed by atoms with van der Waals surface area (Å²) >= 11 is 1.49. The molecule has 1 atom stereocenters. The largest absolute Gasteiger partial charge is 0.490 e. The summed E-state index contributed by atoms with van der Waals surface area (Å²) in [6.45, 7) is 2.50. The molecular weight excluding hydrogens is 553 g/mol. The third-order valence-electron chi connectivity index (χ3n) is 5.67.